The molecule has 0 atom stereocenters. The molecule has 1 N–H and O–H groups in total. The van der Waals surface area contributed by atoms with Crippen LogP contribution < -0.4 is 5.32 Å². The third-order valence-electron chi connectivity index (χ3n) is 3.45. The lowest BCUT2D eigenvalue weighted by atomic mass is 9.90. The number of hydrogen-bond acceptors (Lipinski definition) is 5. The van der Waals surface area contributed by atoms with E-state index in [0.717, 1.165) is 42.0 Å². The van der Waals surface area contributed by atoms with Crippen molar-refractivity contribution in [2.75, 3.05) is 25.6 Å². The third-order valence-corrected chi connectivity index (χ3v) is 4.63. The zero-order valence-electron chi connectivity index (χ0n) is 12.7. The van der Waals surface area contributed by atoms with Crippen LogP contribution in [-0.4, -0.2) is 30.2 Å². The standard InChI is InChI=1S/C15H23N3OS/c1-5-11-8-12-13(17-10-18-14(12)20-11)16-9-15(2,3)6-7-19-4/h8,10H,5-7,9H2,1-4H3,(H,16,17,18). The van der Waals surface area contributed by atoms with Gasteiger partial charge in [0, 0.05) is 25.1 Å². The molecule has 0 saturated heterocycles. The molecule has 0 bridgehead atoms. The van der Waals surface area contributed by atoms with Crippen LogP contribution in [0.1, 0.15) is 32.1 Å². The van der Waals surface area contributed by atoms with E-state index in [1.165, 1.54) is 4.88 Å². The van der Waals surface area contributed by atoms with Crippen LogP contribution in [0.5, 0.6) is 0 Å². The molecule has 2 rings (SSSR count). The van der Waals surface area contributed by atoms with Crippen molar-refractivity contribution >= 4 is 27.4 Å². The molecule has 0 saturated carbocycles. The van der Waals surface area contributed by atoms with Gasteiger partial charge in [-0.25, -0.2) is 9.97 Å². The van der Waals surface area contributed by atoms with E-state index in [4.69, 9.17) is 4.74 Å². The number of hydrogen-bond donors (Lipinski definition) is 1. The van der Waals surface area contributed by atoms with Crippen molar-refractivity contribution in [3.05, 3.63) is 17.3 Å². The number of thiophene rings is 1. The minimum absolute atomic E-state index is 0.177. The van der Waals surface area contributed by atoms with E-state index in [9.17, 15) is 0 Å². The fraction of sp³-hybridized carbons (Fsp3) is 0.600. The second-order valence-electron chi connectivity index (χ2n) is 5.77. The molecule has 2 aromatic heterocycles. The van der Waals surface area contributed by atoms with Crippen LogP contribution in [0.25, 0.3) is 10.2 Å². The van der Waals surface area contributed by atoms with E-state index >= 15 is 0 Å². The van der Waals surface area contributed by atoms with Crippen molar-refractivity contribution < 1.29 is 4.74 Å². The molecule has 0 amide bonds. The van der Waals surface area contributed by atoms with E-state index in [0.29, 0.717) is 0 Å². The Labute approximate surface area is 124 Å². The van der Waals surface area contributed by atoms with Gasteiger partial charge in [-0.3, -0.25) is 0 Å². The molecule has 0 aliphatic heterocycles. The smallest absolute Gasteiger partial charge is 0.138 e. The van der Waals surface area contributed by atoms with Crippen molar-refractivity contribution in [2.24, 2.45) is 5.41 Å². The van der Waals surface area contributed by atoms with Crippen molar-refractivity contribution in [1.29, 1.82) is 0 Å². The third kappa shape index (κ3) is 3.67. The number of nitrogens with zero attached hydrogens (tertiary/aromatic N) is 2. The monoisotopic (exact) mass is 293 g/mol. The number of rotatable bonds is 7. The summed E-state index contributed by atoms with van der Waals surface area (Å²) >= 11 is 1.75. The fourth-order valence-corrected chi connectivity index (χ4v) is 2.95. The normalized spacial score (nSPS) is 12.0. The quantitative estimate of drug-likeness (QED) is 0.845. The summed E-state index contributed by atoms with van der Waals surface area (Å²) in [7, 11) is 1.75. The van der Waals surface area contributed by atoms with Crippen molar-refractivity contribution in [2.45, 2.75) is 33.6 Å². The van der Waals surface area contributed by atoms with Crippen molar-refractivity contribution in [3.8, 4) is 0 Å². The molecule has 0 aromatic carbocycles. The first-order chi connectivity index (χ1) is 9.55. The lowest BCUT2D eigenvalue weighted by Crippen LogP contribution is -2.25. The minimum Gasteiger partial charge on any atom is -0.385 e. The molecular formula is C15H23N3OS. The highest BCUT2D eigenvalue weighted by Crippen LogP contribution is 2.29. The fourth-order valence-electron chi connectivity index (χ4n) is 2.01. The molecule has 4 nitrogen and oxygen atoms in total. The molecule has 0 spiro atoms. The molecule has 20 heavy (non-hydrogen) atoms. The van der Waals surface area contributed by atoms with Gasteiger partial charge < -0.3 is 10.1 Å². The lowest BCUT2D eigenvalue weighted by molar-refractivity contribution is 0.157. The van der Waals surface area contributed by atoms with Gasteiger partial charge in [-0.05, 0) is 24.3 Å². The Hall–Kier alpha value is -1.20. The van der Waals surface area contributed by atoms with Crippen molar-refractivity contribution in [1.82, 2.24) is 9.97 Å². The van der Waals surface area contributed by atoms with E-state index in [1.807, 2.05) is 0 Å². The van der Waals surface area contributed by atoms with Crippen LogP contribution >= 0.6 is 11.3 Å². The van der Waals surface area contributed by atoms with Crippen LogP contribution in [0.2, 0.25) is 0 Å². The Morgan fingerprint density at radius 2 is 2.15 bits per heavy atom. The molecule has 2 aromatic rings. The summed E-state index contributed by atoms with van der Waals surface area (Å²) in [5.41, 5.74) is 0.177. The SMILES string of the molecule is CCc1cc2c(NCC(C)(C)CCOC)ncnc2s1. The maximum absolute atomic E-state index is 5.17. The number of methoxy groups -OCH3 is 1. The zero-order valence-corrected chi connectivity index (χ0v) is 13.5. The first kappa shape index (κ1) is 15.2. The highest BCUT2D eigenvalue weighted by molar-refractivity contribution is 7.18. The average Bonchev–Trinajstić information content (AvgIpc) is 2.86. The second-order valence-corrected chi connectivity index (χ2v) is 6.88. The molecule has 110 valence electrons. The highest BCUT2D eigenvalue weighted by Gasteiger charge is 2.18. The molecule has 0 aliphatic carbocycles. The largest absolute Gasteiger partial charge is 0.385 e. The molecular weight excluding hydrogens is 270 g/mol. The zero-order chi connectivity index (χ0) is 14.6. The van der Waals surface area contributed by atoms with Crippen LogP contribution in [0, 0.1) is 5.41 Å². The first-order valence-electron chi connectivity index (χ1n) is 7.02. The number of nitrogens with one attached hydrogen (secondary N) is 1. The summed E-state index contributed by atoms with van der Waals surface area (Å²) in [6, 6.07) is 2.20. The molecule has 2 heterocycles. The van der Waals surface area contributed by atoms with E-state index in [1.54, 1.807) is 24.8 Å². The molecule has 0 radical (unpaired) electrons. The molecule has 0 aliphatic rings. The van der Waals surface area contributed by atoms with E-state index < -0.39 is 0 Å². The highest BCUT2D eigenvalue weighted by atomic mass is 32.1. The van der Waals surface area contributed by atoms with Crippen LogP contribution in [0.4, 0.5) is 5.82 Å². The average molecular weight is 293 g/mol. The molecule has 0 fully saturated rings. The second kappa shape index (κ2) is 6.50. The van der Waals surface area contributed by atoms with Gasteiger partial charge in [0.1, 0.15) is 17.0 Å². The summed E-state index contributed by atoms with van der Waals surface area (Å²) in [6.45, 7) is 8.30. The summed E-state index contributed by atoms with van der Waals surface area (Å²) in [6.07, 6.45) is 3.71. The number of aromatic nitrogens is 2. The predicted molar refractivity (Wildman–Crippen MR) is 85.6 cm³/mol. The van der Waals surface area contributed by atoms with Gasteiger partial charge in [0.15, 0.2) is 0 Å². The van der Waals surface area contributed by atoms with Crippen LogP contribution in [0.15, 0.2) is 12.4 Å². The van der Waals surface area contributed by atoms with Crippen LogP contribution in [0.3, 0.4) is 0 Å². The van der Waals surface area contributed by atoms with Gasteiger partial charge in [-0.1, -0.05) is 20.8 Å². The number of fused-ring (bicyclic) bond motifs is 1. The Kier molecular flexibility index (Phi) is 4.94. The predicted octanol–water partition coefficient (Wildman–Crippen LogP) is 3.73. The van der Waals surface area contributed by atoms with Crippen molar-refractivity contribution in [3.63, 3.8) is 0 Å². The maximum Gasteiger partial charge on any atom is 0.138 e. The van der Waals surface area contributed by atoms with Gasteiger partial charge in [0.05, 0.1) is 5.39 Å². The Morgan fingerprint density at radius 1 is 1.35 bits per heavy atom. The Balaban J connectivity index is 2.11. The van der Waals surface area contributed by atoms with E-state index in [-0.39, 0.29) is 5.41 Å². The van der Waals surface area contributed by atoms with Gasteiger partial charge in [-0.2, -0.15) is 0 Å². The number of anilines is 1. The summed E-state index contributed by atoms with van der Waals surface area (Å²) in [5.74, 6) is 0.941. The summed E-state index contributed by atoms with van der Waals surface area (Å²) in [4.78, 5) is 11.2. The van der Waals surface area contributed by atoms with Crippen LogP contribution in [-0.2, 0) is 11.2 Å². The summed E-state index contributed by atoms with van der Waals surface area (Å²) in [5, 5.41) is 4.61. The topological polar surface area (TPSA) is 47.0 Å². The van der Waals surface area contributed by atoms with E-state index in [2.05, 4.69) is 42.1 Å². The molecule has 5 heteroatoms. The Bertz CT molecular complexity index is 565. The van der Waals surface area contributed by atoms with Gasteiger partial charge in [0.2, 0.25) is 0 Å². The van der Waals surface area contributed by atoms with Gasteiger partial charge in [-0.15, -0.1) is 11.3 Å². The molecule has 0 unspecified atom stereocenters. The van der Waals surface area contributed by atoms with Gasteiger partial charge in [0.25, 0.3) is 0 Å². The number of aryl methyl sites for hydroxylation is 1. The Morgan fingerprint density at radius 3 is 2.85 bits per heavy atom. The maximum atomic E-state index is 5.17. The minimum atomic E-state index is 0.177. The number of ether oxygens (including phenoxy) is 1. The van der Waals surface area contributed by atoms with Gasteiger partial charge >= 0.3 is 0 Å². The lowest BCUT2D eigenvalue weighted by Gasteiger charge is -2.24. The summed E-state index contributed by atoms with van der Waals surface area (Å²) < 4.78 is 5.17. The first-order valence-corrected chi connectivity index (χ1v) is 7.83.